The maximum Gasteiger partial charge on any atom is 0.327 e. The molecule has 1 fully saturated rings. The first-order valence-electron chi connectivity index (χ1n) is 6.65. The first kappa shape index (κ1) is 14.9. The van der Waals surface area contributed by atoms with E-state index in [1.807, 2.05) is 20.8 Å². The van der Waals surface area contributed by atoms with Crippen molar-refractivity contribution in [3.8, 4) is 0 Å². The molecule has 2 heterocycles. The minimum absolute atomic E-state index is 0.234. The van der Waals surface area contributed by atoms with Crippen molar-refractivity contribution >= 4 is 23.6 Å². The summed E-state index contributed by atoms with van der Waals surface area (Å²) in [5.41, 5.74) is 1.33. The zero-order valence-electron chi connectivity index (χ0n) is 11.9. The standard InChI is InChI=1S/C13H19N3O3S/c1-4-16-10(5-9(14-16)8(2)3)12(17)15-7-20-6-11(15)13(18)19/h5,8,11H,4,6-7H2,1-3H3,(H,18,19)/t11-/m0/s1. The molecule has 20 heavy (non-hydrogen) atoms. The Kier molecular flexibility index (Phi) is 4.37. The average Bonchev–Trinajstić information content (AvgIpc) is 3.04. The number of hydrogen-bond donors (Lipinski definition) is 1. The van der Waals surface area contributed by atoms with Crippen LogP contribution in [0.3, 0.4) is 0 Å². The Hall–Kier alpha value is -1.50. The number of aromatic nitrogens is 2. The predicted molar refractivity (Wildman–Crippen MR) is 76.9 cm³/mol. The van der Waals surface area contributed by atoms with Crippen molar-refractivity contribution < 1.29 is 14.7 Å². The van der Waals surface area contributed by atoms with Gasteiger partial charge in [-0.1, -0.05) is 13.8 Å². The highest BCUT2D eigenvalue weighted by Gasteiger charge is 2.36. The number of carbonyl (C=O) groups excluding carboxylic acids is 1. The van der Waals surface area contributed by atoms with Gasteiger partial charge in [0, 0.05) is 12.3 Å². The molecule has 0 aromatic carbocycles. The van der Waals surface area contributed by atoms with Crippen molar-refractivity contribution in [1.29, 1.82) is 0 Å². The molecule has 0 unspecified atom stereocenters. The van der Waals surface area contributed by atoms with Gasteiger partial charge in [-0.05, 0) is 18.9 Å². The van der Waals surface area contributed by atoms with Crippen LogP contribution in [0.15, 0.2) is 6.07 Å². The van der Waals surface area contributed by atoms with E-state index in [9.17, 15) is 9.59 Å². The number of amides is 1. The molecule has 110 valence electrons. The number of carbonyl (C=O) groups is 2. The quantitative estimate of drug-likeness (QED) is 0.914. The second kappa shape index (κ2) is 5.87. The van der Waals surface area contributed by atoms with Crippen LogP contribution >= 0.6 is 11.8 Å². The lowest BCUT2D eigenvalue weighted by atomic mass is 10.1. The molecule has 1 N–H and O–H groups in total. The number of nitrogens with zero attached hydrogens (tertiary/aromatic N) is 3. The fourth-order valence-corrected chi connectivity index (χ4v) is 3.27. The van der Waals surface area contributed by atoms with Crippen molar-refractivity contribution in [2.75, 3.05) is 11.6 Å². The van der Waals surface area contributed by atoms with E-state index in [1.165, 1.54) is 16.7 Å². The third-order valence-corrected chi connectivity index (χ3v) is 4.35. The lowest BCUT2D eigenvalue weighted by Gasteiger charge is -2.20. The van der Waals surface area contributed by atoms with E-state index in [0.717, 1.165) is 5.69 Å². The van der Waals surface area contributed by atoms with Crippen molar-refractivity contribution in [2.45, 2.75) is 39.3 Å². The highest BCUT2D eigenvalue weighted by atomic mass is 32.2. The number of thioether (sulfide) groups is 1. The summed E-state index contributed by atoms with van der Waals surface area (Å²) in [6.07, 6.45) is 0. The number of carboxylic acid groups (broad SMARTS) is 1. The molecule has 6 nitrogen and oxygen atoms in total. The molecule has 1 saturated heterocycles. The van der Waals surface area contributed by atoms with E-state index in [1.54, 1.807) is 10.7 Å². The Balaban J connectivity index is 2.30. The summed E-state index contributed by atoms with van der Waals surface area (Å²) in [5, 5.41) is 13.6. The van der Waals surface area contributed by atoms with Crippen LogP contribution in [0.5, 0.6) is 0 Å². The molecule has 2 rings (SSSR count). The largest absolute Gasteiger partial charge is 0.480 e. The summed E-state index contributed by atoms with van der Waals surface area (Å²) in [6.45, 7) is 6.54. The van der Waals surface area contributed by atoms with Crippen molar-refractivity contribution in [1.82, 2.24) is 14.7 Å². The molecule has 0 bridgehead atoms. The highest BCUT2D eigenvalue weighted by Crippen LogP contribution is 2.24. The van der Waals surface area contributed by atoms with Gasteiger partial charge in [-0.2, -0.15) is 5.10 Å². The van der Waals surface area contributed by atoms with E-state index in [0.29, 0.717) is 23.9 Å². The first-order valence-corrected chi connectivity index (χ1v) is 7.80. The Labute approximate surface area is 122 Å². The number of hydrogen-bond acceptors (Lipinski definition) is 4. The summed E-state index contributed by atoms with van der Waals surface area (Å²) in [7, 11) is 0. The van der Waals surface area contributed by atoms with Gasteiger partial charge >= 0.3 is 5.97 Å². The maximum atomic E-state index is 12.6. The molecule has 1 aromatic heterocycles. The van der Waals surface area contributed by atoms with Crippen LogP contribution in [0.25, 0.3) is 0 Å². The topological polar surface area (TPSA) is 75.4 Å². The molecule has 0 radical (unpaired) electrons. The number of aliphatic carboxylic acids is 1. The molecular formula is C13H19N3O3S. The highest BCUT2D eigenvalue weighted by molar-refractivity contribution is 7.99. The first-order chi connectivity index (χ1) is 9.45. The summed E-state index contributed by atoms with van der Waals surface area (Å²) in [6, 6.07) is 1.04. The molecule has 0 saturated carbocycles. The van der Waals surface area contributed by atoms with Crippen LogP contribution in [0.4, 0.5) is 0 Å². The molecule has 1 atom stereocenters. The second-order valence-electron chi connectivity index (χ2n) is 5.05. The predicted octanol–water partition coefficient (Wildman–Crippen LogP) is 1.63. The van der Waals surface area contributed by atoms with Crippen LogP contribution in [0, 0.1) is 0 Å². The van der Waals surface area contributed by atoms with Gasteiger partial charge in [0.15, 0.2) is 0 Å². The molecule has 1 amide bonds. The van der Waals surface area contributed by atoms with Gasteiger partial charge in [-0.3, -0.25) is 9.48 Å². The van der Waals surface area contributed by atoms with Crippen LogP contribution in [0.1, 0.15) is 42.9 Å². The molecule has 0 aliphatic carbocycles. The third-order valence-electron chi connectivity index (χ3n) is 3.34. The number of rotatable bonds is 4. The van der Waals surface area contributed by atoms with Crippen LogP contribution in [-0.4, -0.2) is 49.3 Å². The smallest absolute Gasteiger partial charge is 0.327 e. The fraction of sp³-hybridized carbons (Fsp3) is 0.615. The minimum Gasteiger partial charge on any atom is -0.480 e. The fourth-order valence-electron chi connectivity index (χ4n) is 2.13. The molecular weight excluding hydrogens is 278 g/mol. The van der Waals surface area contributed by atoms with Gasteiger partial charge in [-0.15, -0.1) is 11.8 Å². The average molecular weight is 297 g/mol. The van der Waals surface area contributed by atoms with Gasteiger partial charge in [-0.25, -0.2) is 4.79 Å². The summed E-state index contributed by atoms with van der Waals surface area (Å²) >= 11 is 1.46. The lowest BCUT2D eigenvalue weighted by Crippen LogP contribution is -2.42. The van der Waals surface area contributed by atoms with Gasteiger partial charge in [0.05, 0.1) is 11.6 Å². The molecule has 1 aliphatic heterocycles. The Morgan fingerprint density at radius 1 is 1.55 bits per heavy atom. The monoisotopic (exact) mass is 297 g/mol. The molecule has 0 spiro atoms. The molecule has 7 heteroatoms. The van der Waals surface area contributed by atoms with E-state index in [-0.39, 0.29) is 11.8 Å². The van der Waals surface area contributed by atoms with Gasteiger partial charge < -0.3 is 10.0 Å². The van der Waals surface area contributed by atoms with E-state index in [4.69, 9.17) is 5.11 Å². The number of aryl methyl sites for hydroxylation is 1. The molecule has 1 aromatic rings. The zero-order valence-corrected chi connectivity index (χ0v) is 12.7. The lowest BCUT2D eigenvalue weighted by molar-refractivity contribution is -0.140. The zero-order chi connectivity index (χ0) is 14.9. The van der Waals surface area contributed by atoms with Crippen molar-refractivity contribution in [3.05, 3.63) is 17.5 Å². The summed E-state index contributed by atoms with van der Waals surface area (Å²) in [5.74, 6) is -0.101. The Bertz CT molecular complexity index is 527. The third kappa shape index (κ3) is 2.67. The second-order valence-corrected chi connectivity index (χ2v) is 6.05. The molecule has 1 aliphatic rings. The van der Waals surface area contributed by atoms with Crippen molar-refractivity contribution in [3.63, 3.8) is 0 Å². The maximum absolute atomic E-state index is 12.6. The summed E-state index contributed by atoms with van der Waals surface area (Å²) in [4.78, 5) is 25.2. The minimum atomic E-state index is -0.949. The SMILES string of the molecule is CCn1nc(C(C)C)cc1C(=O)N1CSC[C@H]1C(=O)O. The van der Waals surface area contributed by atoms with Crippen LogP contribution < -0.4 is 0 Å². The summed E-state index contributed by atoms with van der Waals surface area (Å²) < 4.78 is 1.65. The Morgan fingerprint density at radius 3 is 2.80 bits per heavy atom. The normalized spacial score (nSPS) is 18.8. The van der Waals surface area contributed by atoms with Gasteiger partial charge in [0.25, 0.3) is 5.91 Å². The van der Waals surface area contributed by atoms with Crippen LogP contribution in [0.2, 0.25) is 0 Å². The van der Waals surface area contributed by atoms with E-state index >= 15 is 0 Å². The Morgan fingerprint density at radius 2 is 2.25 bits per heavy atom. The number of carboxylic acids is 1. The van der Waals surface area contributed by atoms with E-state index < -0.39 is 12.0 Å². The van der Waals surface area contributed by atoms with Gasteiger partial charge in [0.2, 0.25) is 0 Å². The van der Waals surface area contributed by atoms with E-state index in [2.05, 4.69) is 5.10 Å². The van der Waals surface area contributed by atoms with Gasteiger partial charge in [0.1, 0.15) is 11.7 Å². The van der Waals surface area contributed by atoms with Crippen molar-refractivity contribution in [2.24, 2.45) is 0 Å². The van der Waals surface area contributed by atoms with Crippen LogP contribution in [-0.2, 0) is 11.3 Å².